The Labute approximate surface area is 153 Å². The van der Waals surface area contributed by atoms with Crippen molar-refractivity contribution in [3.63, 3.8) is 0 Å². The largest absolute Gasteiger partial charge is 0.491 e. The highest BCUT2D eigenvalue weighted by Crippen LogP contribution is 2.41. The third-order valence-corrected chi connectivity index (χ3v) is 5.25. The van der Waals surface area contributed by atoms with E-state index >= 15 is 0 Å². The fourth-order valence-electron chi connectivity index (χ4n) is 3.06. The van der Waals surface area contributed by atoms with Crippen molar-refractivity contribution in [2.45, 2.75) is 64.6 Å². The molecular formula is C22H31BO2. The minimum absolute atomic E-state index is 0.332. The number of hydrogen-bond donors (Lipinski definition) is 0. The van der Waals surface area contributed by atoms with Crippen molar-refractivity contribution >= 4 is 12.7 Å². The first-order valence-electron chi connectivity index (χ1n) is 9.17. The van der Waals surface area contributed by atoms with Crippen LogP contribution in [0.3, 0.4) is 0 Å². The number of hydrogen-bond acceptors (Lipinski definition) is 2. The lowest BCUT2D eigenvalue weighted by molar-refractivity contribution is 0.00578. The van der Waals surface area contributed by atoms with Crippen LogP contribution in [-0.2, 0) is 9.31 Å². The Morgan fingerprint density at radius 3 is 2.12 bits per heavy atom. The molecule has 0 amide bonds. The molecule has 1 aromatic rings. The van der Waals surface area contributed by atoms with Crippen LogP contribution in [0.25, 0.3) is 5.57 Å². The van der Waals surface area contributed by atoms with E-state index in [2.05, 4.69) is 65.1 Å². The summed E-state index contributed by atoms with van der Waals surface area (Å²) in [5, 5.41) is 0. The zero-order valence-electron chi connectivity index (χ0n) is 16.2. The van der Waals surface area contributed by atoms with Gasteiger partial charge in [-0.3, -0.25) is 0 Å². The second kappa shape index (κ2) is 8.20. The second-order valence-corrected chi connectivity index (χ2v) is 7.63. The highest BCUT2D eigenvalue weighted by molar-refractivity contribution is 6.56. The first-order chi connectivity index (χ1) is 11.8. The van der Waals surface area contributed by atoms with E-state index in [1.807, 2.05) is 18.2 Å². The summed E-state index contributed by atoms with van der Waals surface area (Å²) in [5.41, 5.74) is 3.04. The van der Waals surface area contributed by atoms with Crippen molar-refractivity contribution in [2.75, 3.05) is 0 Å². The smallest absolute Gasteiger partial charge is 0.400 e. The first-order valence-corrected chi connectivity index (χ1v) is 9.17. The van der Waals surface area contributed by atoms with Crippen molar-refractivity contribution < 1.29 is 9.31 Å². The molecule has 2 nitrogen and oxygen atoms in total. The Morgan fingerprint density at radius 1 is 1.00 bits per heavy atom. The molecule has 1 aliphatic rings. The van der Waals surface area contributed by atoms with Gasteiger partial charge < -0.3 is 9.31 Å². The van der Waals surface area contributed by atoms with Gasteiger partial charge in [-0.25, -0.2) is 0 Å². The SMILES string of the molecule is C=CCCC/C(=C(\CC=C)B1OC(C)(C)C(C)(C)O1)c1ccccc1. The zero-order valence-corrected chi connectivity index (χ0v) is 16.2. The van der Waals surface area contributed by atoms with E-state index in [0.717, 1.165) is 25.7 Å². The molecule has 0 radical (unpaired) electrons. The fraction of sp³-hybridized carbons (Fsp3) is 0.455. The summed E-state index contributed by atoms with van der Waals surface area (Å²) in [6.45, 7) is 16.2. The summed E-state index contributed by atoms with van der Waals surface area (Å²) in [7, 11) is -0.332. The van der Waals surface area contributed by atoms with E-state index in [4.69, 9.17) is 9.31 Å². The van der Waals surface area contributed by atoms with Crippen molar-refractivity contribution in [1.29, 1.82) is 0 Å². The first kappa shape index (κ1) is 19.7. The van der Waals surface area contributed by atoms with Gasteiger partial charge in [-0.05, 0) is 70.0 Å². The Bertz CT molecular complexity index is 613. The van der Waals surface area contributed by atoms with E-state index in [-0.39, 0.29) is 18.3 Å². The third-order valence-electron chi connectivity index (χ3n) is 5.25. The van der Waals surface area contributed by atoms with E-state index in [9.17, 15) is 0 Å². The van der Waals surface area contributed by atoms with Gasteiger partial charge in [0, 0.05) is 0 Å². The monoisotopic (exact) mass is 338 g/mol. The minimum atomic E-state index is -0.340. The third kappa shape index (κ3) is 4.53. The number of benzene rings is 1. The van der Waals surface area contributed by atoms with Crippen molar-refractivity contribution in [3.05, 3.63) is 66.7 Å². The van der Waals surface area contributed by atoms with Gasteiger partial charge in [0.2, 0.25) is 0 Å². The van der Waals surface area contributed by atoms with Crippen LogP contribution in [-0.4, -0.2) is 18.3 Å². The Kier molecular flexibility index (Phi) is 6.48. The molecule has 0 bridgehead atoms. The molecule has 0 saturated carbocycles. The lowest BCUT2D eigenvalue weighted by Crippen LogP contribution is -2.41. The zero-order chi connectivity index (χ0) is 18.5. The Hall–Kier alpha value is -1.58. The molecule has 0 spiro atoms. The van der Waals surface area contributed by atoms with Gasteiger partial charge in [0.15, 0.2) is 0 Å². The van der Waals surface area contributed by atoms with E-state index in [1.54, 1.807) is 0 Å². The molecule has 1 aliphatic heterocycles. The van der Waals surface area contributed by atoms with E-state index in [1.165, 1.54) is 16.6 Å². The quantitative estimate of drug-likeness (QED) is 0.329. The number of allylic oxidation sites excluding steroid dienone is 4. The molecule has 1 heterocycles. The average molecular weight is 338 g/mol. The van der Waals surface area contributed by atoms with Crippen LogP contribution in [0.5, 0.6) is 0 Å². The minimum Gasteiger partial charge on any atom is -0.400 e. The molecule has 1 saturated heterocycles. The van der Waals surface area contributed by atoms with Crippen molar-refractivity contribution in [1.82, 2.24) is 0 Å². The topological polar surface area (TPSA) is 18.5 Å². The molecule has 1 fully saturated rings. The summed E-state index contributed by atoms with van der Waals surface area (Å²) in [6, 6.07) is 10.5. The van der Waals surface area contributed by atoms with E-state index < -0.39 is 0 Å². The molecule has 1 aromatic carbocycles. The van der Waals surface area contributed by atoms with Crippen LogP contribution in [0.4, 0.5) is 0 Å². The summed E-state index contributed by atoms with van der Waals surface area (Å²) < 4.78 is 12.7. The van der Waals surface area contributed by atoms with Gasteiger partial charge in [-0.1, -0.05) is 42.5 Å². The average Bonchev–Trinajstić information content (AvgIpc) is 2.78. The van der Waals surface area contributed by atoms with Gasteiger partial charge in [0.05, 0.1) is 11.2 Å². The molecule has 0 atom stereocenters. The van der Waals surface area contributed by atoms with E-state index in [0.29, 0.717) is 0 Å². The van der Waals surface area contributed by atoms with Crippen LogP contribution in [0.2, 0.25) is 0 Å². The molecule has 0 N–H and O–H groups in total. The highest BCUT2D eigenvalue weighted by Gasteiger charge is 2.52. The summed E-state index contributed by atoms with van der Waals surface area (Å²) >= 11 is 0. The maximum Gasteiger partial charge on any atom is 0.491 e. The number of rotatable bonds is 8. The van der Waals surface area contributed by atoms with Crippen LogP contribution < -0.4 is 0 Å². The summed E-state index contributed by atoms with van der Waals surface area (Å²) in [5.74, 6) is 0. The standard InChI is InChI=1S/C22H31BO2/c1-7-9-11-17-19(18-15-12-10-13-16-18)20(14-8-2)23-24-21(3,4)22(5,6)25-23/h7-8,10,12-13,15-16H,1-2,9,11,14,17H2,3-6H3/b20-19-. The van der Waals surface area contributed by atoms with Crippen LogP contribution in [0, 0.1) is 0 Å². The molecule has 134 valence electrons. The predicted molar refractivity (Wildman–Crippen MR) is 108 cm³/mol. The molecule has 0 aliphatic carbocycles. The van der Waals surface area contributed by atoms with Crippen LogP contribution in [0.15, 0.2) is 61.1 Å². The fourth-order valence-corrected chi connectivity index (χ4v) is 3.06. The van der Waals surface area contributed by atoms with Gasteiger partial charge in [-0.2, -0.15) is 0 Å². The van der Waals surface area contributed by atoms with Gasteiger partial charge in [0.1, 0.15) is 0 Å². The molecule has 2 rings (SSSR count). The molecular weight excluding hydrogens is 307 g/mol. The molecule has 3 heteroatoms. The second-order valence-electron chi connectivity index (χ2n) is 7.63. The summed E-state index contributed by atoms with van der Waals surface area (Å²) in [4.78, 5) is 0. The molecule has 0 unspecified atom stereocenters. The molecule has 0 aromatic heterocycles. The van der Waals surface area contributed by atoms with Crippen molar-refractivity contribution in [2.24, 2.45) is 0 Å². The van der Waals surface area contributed by atoms with Crippen LogP contribution in [0.1, 0.15) is 58.9 Å². The molecule has 25 heavy (non-hydrogen) atoms. The van der Waals surface area contributed by atoms with Crippen LogP contribution >= 0.6 is 0 Å². The van der Waals surface area contributed by atoms with Gasteiger partial charge in [-0.15, -0.1) is 13.2 Å². The maximum absolute atomic E-state index is 6.34. The highest BCUT2D eigenvalue weighted by atomic mass is 16.7. The lowest BCUT2D eigenvalue weighted by atomic mass is 9.71. The Balaban J connectivity index is 2.45. The maximum atomic E-state index is 6.34. The normalized spacial score (nSPS) is 19.4. The van der Waals surface area contributed by atoms with Crippen molar-refractivity contribution in [3.8, 4) is 0 Å². The summed E-state index contributed by atoms with van der Waals surface area (Å²) in [6.07, 6.45) is 7.72. The Morgan fingerprint density at radius 2 is 1.60 bits per heavy atom. The number of unbranched alkanes of at least 4 members (excludes halogenated alkanes) is 1. The van der Waals surface area contributed by atoms with Gasteiger partial charge >= 0.3 is 7.12 Å². The van der Waals surface area contributed by atoms with Gasteiger partial charge in [0.25, 0.3) is 0 Å². The predicted octanol–water partition coefficient (Wildman–Crippen LogP) is 6.00. The lowest BCUT2D eigenvalue weighted by Gasteiger charge is -2.32.